The fourth-order valence-electron chi connectivity index (χ4n) is 2.16. The van der Waals surface area contributed by atoms with Gasteiger partial charge in [-0.2, -0.15) is 0 Å². The Morgan fingerprint density at radius 2 is 2.06 bits per heavy atom. The Balaban J connectivity index is 3.05. The first kappa shape index (κ1) is 12.3. The molecule has 0 spiro atoms. The number of aryl methyl sites for hydroxylation is 2. The van der Waals surface area contributed by atoms with Crippen LogP contribution in [0.3, 0.4) is 0 Å². The van der Waals surface area contributed by atoms with Crippen molar-refractivity contribution < 1.29 is 9.90 Å². The highest BCUT2D eigenvalue weighted by atomic mass is 16.4. The molecule has 0 aliphatic heterocycles. The van der Waals surface area contributed by atoms with Crippen LogP contribution in [0.5, 0.6) is 0 Å². The van der Waals surface area contributed by atoms with Crippen LogP contribution in [-0.2, 0) is 6.54 Å². The van der Waals surface area contributed by atoms with Gasteiger partial charge in [-0.25, -0.2) is 9.78 Å². The van der Waals surface area contributed by atoms with Gasteiger partial charge in [0.15, 0.2) is 0 Å². The maximum Gasteiger partial charge on any atom is 0.341 e. The zero-order valence-corrected chi connectivity index (χ0v) is 10.5. The molecule has 0 radical (unpaired) electrons. The molecule has 0 unspecified atom stereocenters. The smallest absolute Gasteiger partial charge is 0.341 e. The summed E-state index contributed by atoms with van der Waals surface area (Å²) in [6.07, 6.45) is 0. The summed E-state index contributed by atoms with van der Waals surface area (Å²) in [5, 5.41) is 9.50. The van der Waals surface area contributed by atoms with Crippen molar-refractivity contribution in [1.29, 1.82) is 0 Å². The summed E-state index contributed by atoms with van der Waals surface area (Å²) < 4.78 is 1.76. The number of fused-ring (bicyclic) bond motifs is 1. The van der Waals surface area contributed by atoms with E-state index in [0.717, 1.165) is 5.69 Å². The summed E-state index contributed by atoms with van der Waals surface area (Å²) in [5.74, 6) is -1.19. The maximum atomic E-state index is 12.1. The fraction of sp³-hybridized carbons (Fsp3) is 0.308. The lowest BCUT2D eigenvalue weighted by Gasteiger charge is -2.14. The van der Waals surface area contributed by atoms with E-state index in [1.54, 1.807) is 23.6 Å². The molecule has 1 N–H and O–H groups in total. The third kappa shape index (κ3) is 1.68. The summed E-state index contributed by atoms with van der Waals surface area (Å²) >= 11 is 0. The lowest BCUT2D eigenvalue weighted by molar-refractivity contribution is 0.0694. The van der Waals surface area contributed by atoms with Crippen LogP contribution in [-0.4, -0.2) is 20.6 Å². The first-order valence-corrected chi connectivity index (χ1v) is 5.71. The highest BCUT2D eigenvalue weighted by Gasteiger charge is 2.19. The average molecular weight is 246 g/mol. The largest absolute Gasteiger partial charge is 0.477 e. The molecule has 0 saturated heterocycles. The first-order chi connectivity index (χ1) is 8.47. The molecule has 0 amide bonds. The Kier molecular flexibility index (Phi) is 2.90. The summed E-state index contributed by atoms with van der Waals surface area (Å²) in [7, 11) is 0. The van der Waals surface area contributed by atoms with Crippen LogP contribution < -0.4 is 5.43 Å². The number of pyridine rings is 2. The van der Waals surface area contributed by atoms with E-state index in [-0.39, 0.29) is 5.56 Å². The third-order valence-electron chi connectivity index (χ3n) is 3.04. The normalized spacial score (nSPS) is 10.8. The Bertz CT molecular complexity index is 701. The Labute approximate surface area is 104 Å². The molecule has 5 nitrogen and oxygen atoms in total. The molecule has 2 heterocycles. The molecular formula is C13H14N2O3. The number of carboxylic acid groups (broad SMARTS) is 1. The van der Waals surface area contributed by atoms with E-state index in [0.29, 0.717) is 23.3 Å². The molecule has 0 bridgehead atoms. The van der Waals surface area contributed by atoms with Gasteiger partial charge in [-0.1, -0.05) is 0 Å². The van der Waals surface area contributed by atoms with Crippen LogP contribution in [0.15, 0.2) is 16.9 Å². The second-order valence-electron chi connectivity index (χ2n) is 4.16. The van der Waals surface area contributed by atoms with Gasteiger partial charge in [-0.05, 0) is 32.9 Å². The topological polar surface area (TPSA) is 72.2 Å². The van der Waals surface area contributed by atoms with Crippen molar-refractivity contribution >= 4 is 17.0 Å². The SMILES string of the molecule is CCn1c(C)c(C(=O)O)c(=O)c2ccc(C)nc21. The van der Waals surface area contributed by atoms with Crippen molar-refractivity contribution in [2.45, 2.75) is 27.3 Å². The predicted molar refractivity (Wildman–Crippen MR) is 68.1 cm³/mol. The first-order valence-electron chi connectivity index (χ1n) is 5.71. The number of carboxylic acids is 1. The molecule has 2 aromatic rings. The van der Waals surface area contributed by atoms with Gasteiger partial charge >= 0.3 is 5.97 Å². The van der Waals surface area contributed by atoms with Crippen molar-refractivity contribution in [3.8, 4) is 0 Å². The summed E-state index contributed by atoms with van der Waals surface area (Å²) in [6, 6.07) is 3.35. The minimum Gasteiger partial charge on any atom is -0.477 e. The van der Waals surface area contributed by atoms with E-state index in [1.807, 2.05) is 13.8 Å². The number of hydrogen-bond acceptors (Lipinski definition) is 3. The van der Waals surface area contributed by atoms with Crippen LogP contribution in [0.2, 0.25) is 0 Å². The second kappa shape index (κ2) is 4.25. The van der Waals surface area contributed by atoms with Gasteiger partial charge in [0, 0.05) is 17.9 Å². The van der Waals surface area contributed by atoms with E-state index in [1.165, 1.54) is 0 Å². The van der Waals surface area contributed by atoms with Crippen LogP contribution >= 0.6 is 0 Å². The molecule has 2 aromatic heterocycles. The highest BCUT2D eigenvalue weighted by Crippen LogP contribution is 2.15. The van der Waals surface area contributed by atoms with Crippen molar-refractivity contribution in [1.82, 2.24) is 9.55 Å². The molecule has 2 rings (SSSR count). The Morgan fingerprint density at radius 3 is 2.61 bits per heavy atom. The molecule has 94 valence electrons. The summed E-state index contributed by atoms with van der Waals surface area (Å²) in [5.41, 5.74) is 1.15. The zero-order chi connectivity index (χ0) is 13.4. The second-order valence-corrected chi connectivity index (χ2v) is 4.16. The molecule has 0 saturated carbocycles. The molecule has 5 heteroatoms. The number of aromatic carboxylic acids is 1. The monoisotopic (exact) mass is 246 g/mol. The fourth-order valence-corrected chi connectivity index (χ4v) is 2.16. The van der Waals surface area contributed by atoms with Gasteiger partial charge in [-0.15, -0.1) is 0 Å². The standard InChI is InChI=1S/C13H14N2O3/c1-4-15-8(3)10(13(17)18)11(16)9-6-5-7(2)14-12(9)15/h5-6H,4H2,1-3H3,(H,17,18). The molecular weight excluding hydrogens is 232 g/mol. The minimum absolute atomic E-state index is 0.171. The summed E-state index contributed by atoms with van der Waals surface area (Å²) in [6.45, 7) is 5.94. The lowest BCUT2D eigenvalue weighted by Crippen LogP contribution is -2.23. The van der Waals surface area contributed by atoms with Crippen molar-refractivity contribution in [2.75, 3.05) is 0 Å². The lowest BCUT2D eigenvalue weighted by atomic mass is 10.1. The molecule has 18 heavy (non-hydrogen) atoms. The van der Waals surface area contributed by atoms with Gasteiger partial charge in [0.1, 0.15) is 11.2 Å². The minimum atomic E-state index is -1.19. The summed E-state index contributed by atoms with van der Waals surface area (Å²) in [4.78, 5) is 27.7. The van der Waals surface area contributed by atoms with Crippen LogP contribution in [0.25, 0.3) is 11.0 Å². The van der Waals surface area contributed by atoms with Gasteiger partial charge in [0.05, 0.1) is 5.39 Å². The molecule has 0 aliphatic carbocycles. The number of hydrogen-bond donors (Lipinski definition) is 1. The van der Waals surface area contributed by atoms with Crippen molar-refractivity contribution in [2.24, 2.45) is 0 Å². The number of carbonyl (C=O) groups is 1. The highest BCUT2D eigenvalue weighted by molar-refractivity contribution is 5.93. The Hall–Kier alpha value is -2.17. The maximum absolute atomic E-state index is 12.1. The van der Waals surface area contributed by atoms with Gasteiger partial charge in [0.2, 0.25) is 5.43 Å². The van der Waals surface area contributed by atoms with E-state index < -0.39 is 11.4 Å². The predicted octanol–water partition coefficient (Wildman–Crippen LogP) is 1.73. The van der Waals surface area contributed by atoms with Gasteiger partial charge in [0.25, 0.3) is 0 Å². The van der Waals surface area contributed by atoms with E-state index in [4.69, 9.17) is 5.11 Å². The van der Waals surface area contributed by atoms with Gasteiger partial charge < -0.3 is 9.67 Å². The van der Waals surface area contributed by atoms with E-state index >= 15 is 0 Å². The molecule has 0 atom stereocenters. The zero-order valence-electron chi connectivity index (χ0n) is 10.5. The van der Waals surface area contributed by atoms with E-state index in [2.05, 4.69) is 4.98 Å². The quantitative estimate of drug-likeness (QED) is 0.875. The number of rotatable bonds is 2. The van der Waals surface area contributed by atoms with Crippen molar-refractivity contribution in [3.05, 3.63) is 39.3 Å². The Morgan fingerprint density at radius 1 is 1.39 bits per heavy atom. The van der Waals surface area contributed by atoms with Crippen LogP contribution in [0, 0.1) is 13.8 Å². The average Bonchev–Trinajstić information content (AvgIpc) is 2.28. The number of aromatic nitrogens is 2. The number of nitrogens with zero attached hydrogens (tertiary/aromatic N) is 2. The molecule has 0 aliphatic rings. The molecule has 0 aromatic carbocycles. The van der Waals surface area contributed by atoms with E-state index in [9.17, 15) is 9.59 Å². The van der Waals surface area contributed by atoms with Crippen molar-refractivity contribution in [3.63, 3.8) is 0 Å². The molecule has 0 fully saturated rings. The van der Waals surface area contributed by atoms with Crippen LogP contribution in [0.4, 0.5) is 0 Å². The van der Waals surface area contributed by atoms with Gasteiger partial charge in [-0.3, -0.25) is 4.79 Å². The third-order valence-corrected chi connectivity index (χ3v) is 3.04. The van der Waals surface area contributed by atoms with Crippen LogP contribution in [0.1, 0.15) is 28.7 Å².